The van der Waals surface area contributed by atoms with Crippen molar-refractivity contribution in [2.24, 2.45) is 0 Å². The van der Waals surface area contributed by atoms with Gasteiger partial charge in [-0.3, -0.25) is 9.78 Å². The molecule has 0 unspecified atom stereocenters. The van der Waals surface area contributed by atoms with Crippen LogP contribution in [0.15, 0.2) is 59.8 Å². The van der Waals surface area contributed by atoms with Gasteiger partial charge in [-0.2, -0.15) is 9.97 Å². The summed E-state index contributed by atoms with van der Waals surface area (Å²) in [6.45, 7) is 0.106. The van der Waals surface area contributed by atoms with Crippen molar-refractivity contribution in [3.05, 3.63) is 66.1 Å². The Morgan fingerprint density at radius 1 is 1.18 bits per heavy atom. The van der Waals surface area contributed by atoms with Gasteiger partial charge in [-0.1, -0.05) is 18.2 Å². The summed E-state index contributed by atoms with van der Waals surface area (Å²) < 4.78 is 32.5. The molecule has 28 heavy (non-hydrogen) atoms. The number of sulfonamides is 1. The highest BCUT2D eigenvalue weighted by Gasteiger charge is 2.36. The van der Waals surface area contributed by atoms with Crippen LogP contribution in [0.2, 0.25) is 0 Å². The number of pyridine rings is 1. The minimum atomic E-state index is -3.79. The topological polar surface area (TPSA) is 114 Å². The van der Waals surface area contributed by atoms with Crippen molar-refractivity contribution in [3.8, 4) is 11.8 Å². The molecule has 9 nitrogen and oxygen atoms in total. The Hall–Kier alpha value is -3.53. The molecule has 1 aromatic carbocycles. The van der Waals surface area contributed by atoms with Crippen LogP contribution in [0.3, 0.4) is 0 Å². The molecular formula is C18H15N5O4S. The van der Waals surface area contributed by atoms with Crippen molar-refractivity contribution in [1.82, 2.24) is 20.3 Å². The van der Waals surface area contributed by atoms with Gasteiger partial charge in [0.15, 0.2) is 5.82 Å². The van der Waals surface area contributed by atoms with Gasteiger partial charge in [-0.15, -0.1) is 0 Å². The Morgan fingerprint density at radius 3 is 2.71 bits per heavy atom. The van der Waals surface area contributed by atoms with Crippen LogP contribution in [0.5, 0.6) is 11.8 Å². The molecule has 0 aliphatic carbocycles. The van der Waals surface area contributed by atoms with Crippen molar-refractivity contribution < 1.29 is 17.9 Å². The zero-order valence-corrected chi connectivity index (χ0v) is 15.5. The lowest BCUT2D eigenvalue weighted by molar-refractivity contribution is 0.0957. The summed E-state index contributed by atoms with van der Waals surface area (Å²) in [4.78, 5) is 24.6. The Kier molecular flexibility index (Phi) is 4.40. The predicted octanol–water partition coefficient (Wildman–Crippen LogP) is 1.73. The normalized spacial score (nSPS) is 14.4. The first-order chi connectivity index (χ1) is 13.5. The zero-order chi connectivity index (χ0) is 19.7. The second-order valence-electron chi connectivity index (χ2n) is 5.88. The lowest BCUT2D eigenvalue weighted by Crippen LogP contribution is -2.26. The van der Waals surface area contributed by atoms with E-state index in [2.05, 4.69) is 20.3 Å². The van der Waals surface area contributed by atoms with E-state index < -0.39 is 15.9 Å². The molecule has 4 rings (SSSR count). The third-order valence-electron chi connectivity index (χ3n) is 4.11. The average Bonchev–Trinajstić information content (AvgIpc) is 2.99. The van der Waals surface area contributed by atoms with E-state index in [9.17, 15) is 13.2 Å². The lowest BCUT2D eigenvalue weighted by Gasteiger charge is -2.17. The van der Waals surface area contributed by atoms with Gasteiger partial charge in [0.1, 0.15) is 11.4 Å². The molecule has 0 saturated carbocycles. The van der Waals surface area contributed by atoms with Gasteiger partial charge in [0.25, 0.3) is 15.9 Å². The summed E-state index contributed by atoms with van der Waals surface area (Å²) in [5.41, 5.74) is 0.634. The van der Waals surface area contributed by atoms with Crippen LogP contribution in [-0.2, 0) is 16.6 Å². The number of nitrogens with zero attached hydrogens (tertiary/aromatic N) is 4. The minimum Gasteiger partial charge on any atom is -0.423 e. The lowest BCUT2D eigenvalue weighted by atomic mass is 10.2. The summed E-state index contributed by atoms with van der Waals surface area (Å²) >= 11 is 0. The number of amides is 1. The number of aromatic nitrogens is 3. The van der Waals surface area contributed by atoms with Crippen LogP contribution >= 0.6 is 0 Å². The van der Waals surface area contributed by atoms with Crippen LogP contribution in [-0.4, -0.2) is 36.3 Å². The van der Waals surface area contributed by atoms with E-state index in [1.165, 1.54) is 19.3 Å². The van der Waals surface area contributed by atoms with Crippen LogP contribution in [0.25, 0.3) is 0 Å². The number of carbonyl (C=O) groups excluding carboxylic acids is 1. The molecule has 0 atom stereocenters. The second-order valence-corrected chi connectivity index (χ2v) is 7.71. The molecule has 3 heterocycles. The van der Waals surface area contributed by atoms with Gasteiger partial charge in [0.2, 0.25) is 0 Å². The SMILES string of the molecule is CNC(=O)c1cc(N2Cc3ccccc3S2(=O)=O)nc(Oc2cccnc2)n1. The molecule has 3 aromatic rings. The number of ether oxygens (including phenoxy) is 1. The first-order valence-corrected chi connectivity index (χ1v) is 9.73. The highest BCUT2D eigenvalue weighted by atomic mass is 32.2. The number of benzene rings is 1. The predicted molar refractivity (Wildman–Crippen MR) is 99.5 cm³/mol. The fourth-order valence-electron chi connectivity index (χ4n) is 2.79. The number of nitrogens with one attached hydrogen (secondary N) is 1. The second kappa shape index (κ2) is 6.89. The number of hydrogen-bond acceptors (Lipinski definition) is 7. The molecule has 2 aromatic heterocycles. The van der Waals surface area contributed by atoms with E-state index in [0.717, 1.165) is 4.31 Å². The number of anilines is 1. The van der Waals surface area contributed by atoms with Gasteiger partial charge in [-0.25, -0.2) is 12.7 Å². The standard InChI is InChI=1S/C18H15N5O4S/c1-19-17(24)14-9-16(22-18(21-14)27-13-6-4-8-20-10-13)23-11-12-5-2-3-7-15(12)28(23,25)26/h2-10H,11H2,1H3,(H,19,24). The van der Waals surface area contributed by atoms with Crippen molar-refractivity contribution in [3.63, 3.8) is 0 Å². The molecule has 1 amide bonds. The van der Waals surface area contributed by atoms with Gasteiger partial charge in [-0.05, 0) is 23.8 Å². The van der Waals surface area contributed by atoms with Gasteiger partial charge < -0.3 is 10.1 Å². The summed E-state index contributed by atoms with van der Waals surface area (Å²) in [6.07, 6.45) is 3.03. The van der Waals surface area contributed by atoms with Crippen LogP contribution in [0.1, 0.15) is 16.1 Å². The van der Waals surface area contributed by atoms with Crippen molar-refractivity contribution >= 4 is 21.7 Å². The average molecular weight is 397 g/mol. The molecule has 10 heteroatoms. The quantitative estimate of drug-likeness (QED) is 0.713. The Bertz CT molecular complexity index is 1150. The largest absolute Gasteiger partial charge is 0.423 e. The maximum absolute atomic E-state index is 12.9. The monoisotopic (exact) mass is 397 g/mol. The van der Waals surface area contributed by atoms with Crippen molar-refractivity contribution in [2.45, 2.75) is 11.4 Å². The molecule has 142 valence electrons. The molecule has 0 saturated heterocycles. The molecule has 0 radical (unpaired) electrons. The van der Waals surface area contributed by atoms with E-state index in [0.29, 0.717) is 11.3 Å². The number of carbonyl (C=O) groups is 1. The first kappa shape index (κ1) is 17.9. The molecular weight excluding hydrogens is 382 g/mol. The Morgan fingerprint density at radius 2 is 2.00 bits per heavy atom. The maximum atomic E-state index is 12.9. The van der Waals surface area contributed by atoms with E-state index in [1.54, 1.807) is 42.6 Å². The van der Waals surface area contributed by atoms with Gasteiger partial charge >= 0.3 is 6.01 Å². The third-order valence-corrected chi connectivity index (χ3v) is 5.96. The van der Waals surface area contributed by atoms with E-state index >= 15 is 0 Å². The van der Waals surface area contributed by atoms with E-state index in [4.69, 9.17) is 4.74 Å². The molecule has 1 N–H and O–H groups in total. The van der Waals surface area contributed by atoms with Gasteiger partial charge in [0.05, 0.1) is 17.6 Å². The van der Waals surface area contributed by atoms with Crippen LogP contribution in [0, 0.1) is 0 Å². The Labute approximate surface area is 161 Å². The fourth-order valence-corrected chi connectivity index (χ4v) is 4.39. The van der Waals surface area contributed by atoms with Crippen molar-refractivity contribution in [1.29, 1.82) is 0 Å². The molecule has 1 aliphatic rings. The number of fused-ring (bicyclic) bond motifs is 1. The number of rotatable bonds is 4. The summed E-state index contributed by atoms with van der Waals surface area (Å²) in [6, 6.07) is 11.2. The zero-order valence-electron chi connectivity index (χ0n) is 14.7. The van der Waals surface area contributed by atoms with E-state index in [-0.39, 0.29) is 29.0 Å². The van der Waals surface area contributed by atoms with Crippen LogP contribution in [0.4, 0.5) is 5.82 Å². The van der Waals surface area contributed by atoms with Gasteiger partial charge in [0, 0.05) is 19.3 Å². The van der Waals surface area contributed by atoms with Crippen molar-refractivity contribution in [2.75, 3.05) is 11.4 Å². The number of hydrogen-bond donors (Lipinski definition) is 1. The smallest absolute Gasteiger partial charge is 0.324 e. The summed E-state index contributed by atoms with van der Waals surface area (Å²) in [5, 5.41) is 2.46. The Balaban J connectivity index is 1.79. The summed E-state index contributed by atoms with van der Waals surface area (Å²) in [5.74, 6) is -0.0902. The maximum Gasteiger partial charge on any atom is 0.324 e. The minimum absolute atomic E-state index is 0.0162. The summed E-state index contributed by atoms with van der Waals surface area (Å²) in [7, 11) is -2.34. The highest BCUT2D eigenvalue weighted by molar-refractivity contribution is 7.93. The highest BCUT2D eigenvalue weighted by Crippen LogP contribution is 2.34. The van der Waals surface area contributed by atoms with E-state index in [1.807, 2.05) is 0 Å². The fraction of sp³-hybridized carbons (Fsp3) is 0.111. The third kappa shape index (κ3) is 3.14. The molecule has 0 spiro atoms. The molecule has 1 aliphatic heterocycles. The first-order valence-electron chi connectivity index (χ1n) is 8.29. The molecule has 0 fully saturated rings. The molecule has 0 bridgehead atoms. The van der Waals surface area contributed by atoms with Crippen LogP contribution < -0.4 is 14.4 Å².